The van der Waals surface area contributed by atoms with Gasteiger partial charge < -0.3 is 15.5 Å². The Kier molecular flexibility index (Phi) is 4.09. The topological polar surface area (TPSA) is 92.2 Å². The Morgan fingerprint density at radius 1 is 1.40 bits per heavy atom. The number of pyridine rings is 1. The van der Waals surface area contributed by atoms with E-state index in [0.29, 0.717) is 18.8 Å². The Labute approximate surface area is 145 Å². The Bertz CT molecular complexity index is 788. The zero-order valence-electron chi connectivity index (χ0n) is 13.8. The molecule has 0 aromatic carbocycles. The zero-order chi connectivity index (χ0) is 17.2. The Balaban J connectivity index is 1.40. The lowest BCUT2D eigenvalue weighted by Gasteiger charge is -2.18. The first kappa shape index (κ1) is 15.6. The Hall–Kier alpha value is -2.90. The highest BCUT2D eigenvalue weighted by Gasteiger charge is 2.35. The van der Waals surface area contributed by atoms with Gasteiger partial charge in [0.05, 0.1) is 24.4 Å². The molecule has 4 rings (SSSR count). The predicted molar refractivity (Wildman–Crippen MR) is 91.7 cm³/mol. The number of aryl methyl sites for hydroxylation is 1. The number of carbonyl (C=O) groups excluding carboxylic acids is 2. The smallest absolute Gasteiger partial charge is 0.229 e. The second kappa shape index (κ2) is 6.54. The Morgan fingerprint density at radius 3 is 3.16 bits per heavy atom. The van der Waals surface area contributed by atoms with Crippen LogP contribution in [0, 0.1) is 5.92 Å². The number of fused-ring (bicyclic) bond motifs is 1. The van der Waals surface area contributed by atoms with Gasteiger partial charge in [0.25, 0.3) is 0 Å². The van der Waals surface area contributed by atoms with E-state index in [-0.39, 0.29) is 24.2 Å². The average molecular weight is 340 g/mol. The highest BCUT2D eigenvalue weighted by molar-refractivity contribution is 5.98. The van der Waals surface area contributed by atoms with E-state index in [1.165, 1.54) is 0 Å². The normalized spacial score (nSPS) is 19.4. The summed E-state index contributed by atoms with van der Waals surface area (Å²) in [5, 5.41) is 10.5. The first-order valence-electron chi connectivity index (χ1n) is 8.49. The average Bonchev–Trinajstić information content (AvgIpc) is 3.20. The lowest BCUT2D eigenvalue weighted by molar-refractivity contribution is -0.128. The van der Waals surface area contributed by atoms with Crippen LogP contribution in [0.5, 0.6) is 0 Å². The van der Waals surface area contributed by atoms with E-state index in [4.69, 9.17) is 0 Å². The number of nitrogens with zero attached hydrogens (tertiary/aromatic N) is 4. The van der Waals surface area contributed by atoms with Crippen LogP contribution in [0.4, 0.5) is 11.5 Å². The quantitative estimate of drug-likeness (QED) is 0.869. The van der Waals surface area contributed by atoms with Gasteiger partial charge in [-0.2, -0.15) is 5.10 Å². The highest BCUT2D eigenvalue weighted by Crippen LogP contribution is 2.26. The third kappa shape index (κ3) is 3.19. The van der Waals surface area contributed by atoms with Crippen LogP contribution in [0.1, 0.15) is 18.5 Å². The molecule has 8 nitrogen and oxygen atoms in total. The fourth-order valence-corrected chi connectivity index (χ4v) is 3.29. The van der Waals surface area contributed by atoms with Crippen LogP contribution in [0.15, 0.2) is 30.6 Å². The molecule has 0 bridgehead atoms. The van der Waals surface area contributed by atoms with Crippen molar-refractivity contribution in [2.45, 2.75) is 25.9 Å². The van der Waals surface area contributed by atoms with Crippen LogP contribution in [-0.4, -0.2) is 44.6 Å². The fourth-order valence-electron chi connectivity index (χ4n) is 3.29. The second-order valence-corrected chi connectivity index (χ2v) is 6.40. The lowest BCUT2D eigenvalue weighted by atomic mass is 10.1. The predicted octanol–water partition coefficient (Wildman–Crippen LogP) is 1.08. The summed E-state index contributed by atoms with van der Waals surface area (Å²) < 4.78 is 1.85. The third-order valence-corrected chi connectivity index (χ3v) is 4.60. The molecular weight excluding hydrogens is 320 g/mol. The maximum Gasteiger partial charge on any atom is 0.229 e. The minimum Gasteiger partial charge on any atom is -0.368 e. The minimum atomic E-state index is -0.352. The van der Waals surface area contributed by atoms with Crippen molar-refractivity contribution >= 4 is 23.3 Å². The minimum absolute atomic E-state index is 0.0130. The van der Waals surface area contributed by atoms with Crippen molar-refractivity contribution in [1.29, 1.82) is 0 Å². The molecule has 0 spiro atoms. The van der Waals surface area contributed by atoms with Gasteiger partial charge in [-0.15, -0.1) is 0 Å². The maximum absolute atomic E-state index is 12.6. The molecule has 130 valence electrons. The number of hydrogen-bond donors (Lipinski definition) is 2. The summed E-state index contributed by atoms with van der Waals surface area (Å²) in [6.45, 7) is 2.57. The number of hydrogen-bond acceptors (Lipinski definition) is 5. The first-order valence-corrected chi connectivity index (χ1v) is 8.49. The van der Waals surface area contributed by atoms with E-state index in [1.807, 2.05) is 22.9 Å². The first-order chi connectivity index (χ1) is 12.2. The van der Waals surface area contributed by atoms with Crippen molar-refractivity contribution in [2.75, 3.05) is 23.7 Å². The van der Waals surface area contributed by atoms with Gasteiger partial charge in [0.15, 0.2) is 0 Å². The van der Waals surface area contributed by atoms with Crippen molar-refractivity contribution in [3.05, 3.63) is 36.3 Å². The summed E-state index contributed by atoms with van der Waals surface area (Å²) in [6, 6.07) is 5.61. The molecule has 4 heterocycles. The van der Waals surface area contributed by atoms with Gasteiger partial charge in [0, 0.05) is 32.3 Å². The molecule has 2 amide bonds. The van der Waals surface area contributed by atoms with Gasteiger partial charge in [-0.25, -0.2) is 4.68 Å². The number of amides is 2. The van der Waals surface area contributed by atoms with E-state index < -0.39 is 0 Å². The molecule has 0 radical (unpaired) electrons. The van der Waals surface area contributed by atoms with Gasteiger partial charge in [-0.3, -0.25) is 14.6 Å². The van der Waals surface area contributed by atoms with Gasteiger partial charge in [-0.05, 0) is 18.6 Å². The summed E-state index contributed by atoms with van der Waals surface area (Å²) in [6.07, 6.45) is 4.61. The molecule has 0 aliphatic carbocycles. The highest BCUT2D eigenvalue weighted by atomic mass is 16.2. The molecule has 2 aliphatic rings. The number of nitrogens with one attached hydrogen (secondary N) is 2. The van der Waals surface area contributed by atoms with Crippen molar-refractivity contribution in [3.8, 4) is 0 Å². The van der Waals surface area contributed by atoms with E-state index in [1.54, 1.807) is 17.3 Å². The van der Waals surface area contributed by atoms with E-state index in [2.05, 4.69) is 20.7 Å². The van der Waals surface area contributed by atoms with Crippen LogP contribution >= 0.6 is 0 Å². The van der Waals surface area contributed by atoms with E-state index in [9.17, 15) is 9.59 Å². The molecule has 2 aromatic heterocycles. The van der Waals surface area contributed by atoms with Crippen LogP contribution in [0.3, 0.4) is 0 Å². The van der Waals surface area contributed by atoms with Crippen LogP contribution < -0.4 is 10.6 Å². The molecule has 25 heavy (non-hydrogen) atoms. The van der Waals surface area contributed by atoms with Crippen LogP contribution in [0.2, 0.25) is 0 Å². The van der Waals surface area contributed by atoms with Crippen molar-refractivity contribution in [2.24, 2.45) is 5.92 Å². The van der Waals surface area contributed by atoms with Gasteiger partial charge in [0.1, 0.15) is 11.5 Å². The summed E-state index contributed by atoms with van der Waals surface area (Å²) in [5.41, 5.74) is 1.51. The number of anilines is 2. The van der Waals surface area contributed by atoms with Gasteiger partial charge in [-0.1, -0.05) is 6.07 Å². The number of likely N-dealkylation sites (tertiary alicyclic amines) is 1. The Morgan fingerprint density at radius 2 is 2.32 bits per heavy atom. The standard InChI is InChI=1S/C17H20N6O2/c24-15-8-12(10-22(15)11-13-4-1-2-5-18-13)17(25)21-14-9-20-23-7-3-6-19-16(14)23/h1-2,4-5,9,12,19H,3,6-8,10-11H2,(H,21,25). The second-order valence-electron chi connectivity index (χ2n) is 6.40. The lowest BCUT2D eigenvalue weighted by Crippen LogP contribution is -2.28. The number of carbonyl (C=O) groups is 2. The van der Waals surface area contributed by atoms with E-state index in [0.717, 1.165) is 31.0 Å². The molecule has 1 saturated heterocycles. The van der Waals surface area contributed by atoms with Crippen LogP contribution in [-0.2, 0) is 22.7 Å². The van der Waals surface area contributed by atoms with Crippen molar-refractivity contribution in [1.82, 2.24) is 19.7 Å². The van der Waals surface area contributed by atoms with E-state index >= 15 is 0 Å². The summed E-state index contributed by atoms with van der Waals surface area (Å²) in [4.78, 5) is 30.7. The van der Waals surface area contributed by atoms with Crippen molar-refractivity contribution in [3.63, 3.8) is 0 Å². The number of rotatable bonds is 4. The summed E-state index contributed by atoms with van der Waals surface area (Å²) in [5.74, 6) is 0.339. The van der Waals surface area contributed by atoms with Crippen molar-refractivity contribution < 1.29 is 9.59 Å². The van der Waals surface area contributed by atoms with Crippen LogP contribution in [0.25, 0.3) is 0 Å². The molecule has 1 unspecified atom stereocenters. The molecule has 2 N–H and O–H groups in total. The monoisotopic (exact) mass is 340 g/mol. The molecule has 1 fully saturated rings. The fraction of sp³-hybridized carbons (Fsp3) is 0.412. The summed E-state index contributed by atoms with van der Waals surface area (Å²) >= 11 is 0. The van der Waals surface area contributed by atoms with Gasteiger partial charge in [0.2, 0.25) is 11.8 Å². The largest absolute Gasteiger partial charge is 0.368 e. The third-order valence-electron chi connectivity index (χ3n) is 4.60. The summed E-state index contributed by atoms with van der Waals surface area (Å²) in [7, 11) is 0. The number of aromatic nitrogens is 3. The maximum atomic E-state index is 12.6. The molecule has 2 aliphatic heterocycles. The SMILES string of the molecule is O=C(Nc1cnn2c1NCCC2)C1CC(=O)N(Cc2ccccn2)C1. The zero-order valence-corrected chi connectivity index (χ0v) is 13.8. The molecule has 2 aromatic rings. The van der Waals surface area contributed by atoms with Gasteiger partial charge >= 0.3 is 0 Å². The molecule has 0 saturated carbocycles. The molecule has 1 atom stereocenters. The molecular formula is C17H20N6O2. The molecule has 8 heteroatoms.